The summed E-state index contributed by atoms with van der Waals surface area (Å²) in [4.78, 5) is 25.5. The van der Waals surface area contributed by atoms with E-state index < -0.39 is 0 Å². The molecule has 3 N–H and O–H groups in total. The summed E-state index contributed by atoms with van der Waals surface area (Å²) in [5, 5.41) is 2.39. The van der Waals surface area contributed by atoms with Gasteiger partial charge < -0.3 is 5.73 Å². The fourth-order valence-corrected chi connectivity index (χ4v) is 2.69. The number of nitrogens with one attached hydrogen (secondary N) is 1. The molecule has 20 heavy (non-hydrogen) atoms. The van der Waals surface area contributed by atoms with Crippen LogP contribution in [0.2, 0.25) is 0 Å². The highest BCUT2D eigenvalue weighted by Crippen LogP contribution is 2.25. The third-order valence-electron chi connectivity index (χ3n) is 3.76. The second-order valence-corrected chi connectivity index (χ2v) is 5.17. The lowest BCUT2D eigenvalue weighted by molar-refractivity contribution is -0.141. The predicted molar refractivity (Wildman–Crippen MR) is 76.9 cm³/mol. The highest BCUT2D eigenvalue weighted by Gasteiger charge is 2.36. The second-order valence-electron chi connectivity index (χ2n) is 5.17. The number of aryl methyl sites for hydroxylation is 1. The predicted octanol–water partition coefficient (Wildman–Crippen LogP) is 0.732. The zero-order valence-corrected chi connectivity index (χ0v) is 11.9. The fourth-order valence-electron chi connectivity index (χ4n) is 2.69. The van der Waals surface area contributed by atoms with Crippen LogP contribution in [0.1, 0.15) is 30.5 Å². The van der Waals surface area contributed by atoms with E-state index in [1.807, 2.05) is 43.0 Å². The molecule has 2 atom stereocenters. The van der Waals surface area contributed by atoms with Gasteiger partial charge in [0.05, 0.1) is 12.6 Å². The second kappa shape index (κ2) is 6.15. The molecule has 5 nitrogen and oxygen atoms in total. The standard InChI is InChI=1S/C15H21N3O2/c1-3-12-15(20)17-14(19)9-18(12)13(8-16)11-6-4-10(2)5-7-11/h4-7,12-13H,3,8-9,16H2,1-2H3,(H,17,19,20). The van der Waals surface area contributed by atoms with Crippen LogP contribution in [0.5, 0.6) is 0 Å². The van der Waals surface area contributed by atoms with Gasteiger partial charge in [-0.3, -0.25) is 19.8 Å². The lowest BCUT2D eigenvalue weighted by atomic mass is 9.99. The number of rotatable bonds is 4. The SMILES string of the molecule is CCC1C(=O)NC(=O)CN1C(CN)c1ccc(C)cc1. The van der Waals surface area contributed by atoms with Gasteiger partial charge in [-0.15, -0.1) is 0 Å². The van der Waals surface area contributed by atoms with Crippen LogP contribution in [0, 0.1) is 6.92 Å². The maximum Gasteiger partial charge on any atom is 0.243 e. The van der Waals surface area contributed by atoms with Gasteiger partial charge in [-0.05, 0) is 18.9 Å². The molecule has 5 heteroatoms. The monoisotopic (exact) mass is 275 g/mol. The van der Waals surface area contributed by atoms with Crippen LogP contribution in [0.3, 0.4) is 0 Å². The van der Waals surface area contributed by atoms with E-state index in [2.05, 4.69) is 5.32 Å². The summed E-state index contributed by atoms with van der Waals surface area (Å²) in [6.45, 7) is 4.55. The lowest BCUT2D eigenvalue weighted by Gasteiger charge is -2.39. The largest absolute Gasteiger partial charge is 0.329 e. The van der Waals surface area contributed by atoms with Crippen molar-refractivity contribution >= 4 is 11.8 Å². The summed E-state index contributed by atoms with van der Waals surface area (Å²) < 4.78 is 0. The molecule has 1 heterocycles. The van der Waals surface area contributed by atoms with Crippen molar-refractivity contribution in [2.45, 2.75) is 32.4 Å². The molecule has 2 unspecified atom stereocenters. The average Bonchev–Trinajstić information content (AvgIpc) is 2.41. The number of nitrogens with two attached hydrogens (primary N) is 1. The molecule has 2 amide bonds. The van der Waals surface area contributed by atoms with Crippen LogP contribution in [0.4, 0.5) is 0 Å². The topological polar surface area (TPSA) is 75.4 Å². The molecule has 0 saturated carbocycles. The average molecular weight is 275 g/mol. The minimum Gasteiger partial charge on any atom is -0.329 e. The highest BCUT2D eigenvalue weighted by atomic mass is 16.2. The van der Waals surface area contributed by atoms with Crippen molar-refractivity contribution in [3.63, 3.8) is 0 Å². The Bertz CT molecular complexity index is 498. The van der Waals surface area contributed by atoms with Crippen molar-refractivity contribution in [1.29, 1.82) is 0 Å². The highest BCUT2D eigenvalue weighted by molar-refractivity contribution is 6.01. The number of hydrogen-bond acceptors (Lipinski definition) is 4. The number of imide groups is 1. The van der Waals surface area contributed by atoms with Crippen molar-refractivity contribution in [1.82, 2.24) is 10.2 Å². The number of carbonyl (C=O) groups excluding carboxylic acids is 2. The third kappa shape index (κ3) is 2.89. The van der Waals surface area contributed by atoms with Gasteiger partial charge in [0.1, 0.15) is 0 Å². The van der Waals surface area contributed by atoms with Gasteiger partial charge in [-0.25, -0.2) is 0 Å². The Morgan fingerprint density at radius 2 is 2.00 bits per heavy atom. The van der Waals surface area contributed by atoms with Gasteiger partial charge >= 0.3 is 0 Å². The summed E-state index contributed by atoms with van der Waals surface area (Å²) in [5.41, 5.74) is 8.11. The van der Waals surface area contributed by atoms with Crippen molar-refractivity contribution in [3.05, 3.63) is 35.4 Å². The minimum absolute atomic E-state index is 0.115. The first-order valence-corrected chi connectivity index (χ1v) is 6.92. The van der Waals surface area contributed by atoms with Gasteiger partial charge in [0, 0.05) is 12.6 Å². The Labute approximate surface area is 119 Å². The Balaban J connectivity index is 2.30. The maximum atomic E-state index is 11.9. The van der Waals surface area contributed by atoms with Crippen molar-refractivity contribution in [2.75, 3.05) is 13.1 Å². The van der Waals surface area contributed by atoms with E-state index in [0.717, 1.165) is 5.56 Å². The normalized spacial score (nSPS) is 21.6. The van der Waals surface area contributed by atoms with Crippen molar-refractivity contribution in [3.8, 4) is 0 Å². The van der Waals surface area contributed by atoms with Gasteiger partial charge in [-0.2, -0.15) is 0 Å². The molecule has 108 valence electrons. The Hall–Kier alpha value is -1.72. The quantitative estimate of drug-likeness (QED) is 0.794. The first-order chi connectivity index (χ1) is 9.56. The number of benzene rings is 1. The summed E-state index contributed by atoms with van der Waals surface area (Å²) in [7, 11) is 0. The van der Waals surface area contributed by atoms with E-state index >= 15 is 0 Å². The van der Waals surface area contributed by atoms with Crippen LogP contribution in [-0.2, 0) is 9.59 Å². The van der Waals surface area contributed by atoms with Gasteiger partial charge in [0.15, 0.2) is 0 Å². The smallest absolute Gasteiger partial charge is 0.243 e. The van der Waals surface area contributed by atoms with E-state index in [4.69, 9.17) is 5.73 Å². The van der Waals surface area contributed by atoms with Crippen LogP contribution in [-0.4, -0.2) is 35.8 Å². The van der Waals surface area contributed by atoms with E-state index in [9.17, 15) is 9.59 Å². The van der Waals surface area contributed by atoms with E-state index in [-0.39, 0.29) is 30.4 Å². The molecule has 2 rings (SSSR count). The van der Waals surface area contributed by atoms with E-state index in [1.165, 1.54) is 5.56 Å². The molecule has 0 bridgehead atoms. The minimum atomic E-state index is -0.303. The summed E-state index contributed by atoms with van der Waals surface area (Å²) in [6.07, 6.45) is 0.654. The zero-order valence-electron chi connectivity index (χ0n) is 11.9. The fraction of sp³-hybridized carbons (Fsp3) is 0.467. The first-order valence-electron chi connectivity index (χ1n) is 6.92. The van der Waals surface area contributed by atoms with Crippen molar-refractivity contribution in [2.24, 2.45) is 5.73 Å². The van der Waals surface area contributed by atoms with Crippen LogP contribution in [0.15, 0.2) is 24.3 Å². The Morgan fingerprint density at radius 1 is 1.35 bits per heavy atom. The lowest BCUT2D eigenvalue weighted by Crippen LogP contribution is -2.59. The molecule has 0 spiro atoms. The molecular formula is C15H21N3O2. The molecule has 1 aromatic carbocycles. The molecule has 1 aliphatic heterocycles. The van der Waals surface area contributed by atoms with Crippen LogP contribution in [0.25, 0.3) is 0 Å². The molecule has 1 aliphatic rings. The van der Waals surface area contributed by atoms with Gasteiger partial charge in [0.25, 0.3) is 0 Å². The maximum absolute atomic E-state index is 11.9. The summed E-state index contributed by atoms with van der Waals surface area (Å²) in [5.74, 6) is -0.487. The van der Waals surface area contributed by atoms with Gasteiger partial charge in [-0.1, -0.05) is 36.8 Å². The van der Waals surface area contributed by atoms with Crippen LogP contribution >= 0.6 is 0 Å². The number of amides is 2. The molecule has 0 radical (unpaired) electrons. The molecular weight excluding hydrogens is 254 g/mol. The summed E-state index contributed by atoms with van der Waals surface area (Å²) in [6, 6.07) is 7.64. The Kier molecular flexibility index (Phi) is 4.52. The van der Waals surface area contributed by atoms with E-state index in [0.29, 0.717) is 13.0 Å². The zero-order chi connectivity index (χ0) is 14.7. The summed E-state index contributed by atoms with van der Waals surface area (Å²) >= 11 is 0. The van der Waals surface area contributed by atoms with Gasteiger partial charge in [0.2, 0.25) is 11.8 Å². The molecule has 1 fully saturated rings. The molecule has 0 aromatic heterocycles. The van der Waals surface area contributed by atoms with Crippen LogP contribution < -0.4 is 11.1 Å². The van der Waals surface area contributed by atoms with Crippen molar-refractivity contribution < 1.29 is 9.59 Å². The number of nitrogens with zero attached hydrogens (tertiary/aromatic N) is 1. The third-order valence-corrected chi connectivity index (χ3v) is 3.76. The van der Waals surface area contributed by atoms with E-state index in [1.54, 1.807) is 0 Å². The number of hydrogen-bond donors (Lipinski definition) is 2. The first kappa shape index (κ1) is 14.7. The number of carbonyl (C=O) groups is 2. The molecule has 1 aromatic rings. The molecule has 1 saturated heterocycles. The molecule has 0 aliphatic carbocycles. The Morgan fingerprint density at radius 3 is 2.55 bits per heavy atom. The number of piperazine rings is 1.